The van der Waals surface area contributed by atoms with Crippen LogP contribution < -0.4 is 10.6 Å². The highest BCUT2D eigenvalue weighted by Crippen LogP contribution is 2.19. The molecule has 5 nitrogen and oxygen atoms in total. The van der Waals surface area contributed by atoms with Crippen LogP contribution in [0.1, 0.15) is 27.3 Å². The molecule has 1 amide bonds. The van der Waals surface area contributed by atoms with Crippen molar-refractivity contribution in [2.75, 3.05) is 10.6 Å². The Bertz CT molecular complexity index is 972. The van der Waals surface area contributed by atoms with Crippen molar-refractivity contribution in [2.24, 2.45) is 0 Å². The Morgan fingerprint density at radius 3 is 2.46 bits per heavy atom. The molecular weight excluding hydrogens is 348 g/mol. The lowest BCUT2D eigenvalue weighted by Gasteiger charge is -2.10. The van der Waals surface area contributed by atoms with Crippen LogP contribution in [0.3, 0.4) is 0 Å². The van der Waals surface area contributed by atoms with E-state index in [9.17, 15) is 4.79 Å². The van der Waals surface area contributed by atoms with Crippen molar-refractivity contribution < 1.29 is 4.79 Å². The lowest BCUT2D eigenvalue weighted by molar-refractivity contribution is 0.102. The topological polar surface area (TPSA) is 66.9 Å². The number of carbonyl (C=O) groups is 1. The number of aryl methyl sites for hydroxylation is 3. The zero-order valence-corrected chi connectivity index (χ0v) is 15.6. The first-order valence-corrected chi connectivity index (χ1v) is 8.55. The molecule has 2 aromatic carbocycles. The maximum atomic E-state index is 12.5. The monoisotopic (exact) mass is 366 g/mol. The molecule has 0 saturated heterocycles. The Morgan fingerprint density at radius 1 is 0.923 bits per heavy atom. The Labute approximate surface area is 157 Å². The first kappa shape index (κ1) is 17.9. The summed E-state index contributed by atoms with van der Waals surface area (Å²) in [6, 6.07) is 14.6. The molecule has 132 valence electrons. The molecule has 0 bridgehead atoms. The van der Waals surface area contributed by atoms with E-state index in [1.165, 1.54) is 11.1 Å². The smallest absolute Gasteiger partial charge is 0.274 e. The van der Waals surface area contributed by atoms with Gasteiger partial charge in [-0.05, 0) is 68.3 Å². The average Bonchev–Trinajstić information content (AvgIpc) is 2.58. The van der Waals surface area contributed by atoms with E-state index in [-0.39, 0.29) is 11.6 Å². The zero-order valence-electron chi connectivity index (χ0n) is 14.8. The van der Waals surface area contributed by atoms with E-state index < -0.39 is 0 Å². The molecule has 0 aliphatic carbocycles. The molecule has 3 aromatic rings. The van der Waals surface area contributed by atoms with Crippen molar-refractivity contribution in [3.63, 3.8) is 0 Å². The van der Waals surface area contributed by atoms with Crippen molar-refractivity contribution in [1.82, 2.24) is 9.97 Å². The summed E-state index contributed by atoms with van der Waals surface area (Å²) in [6.45, 7) is 5.92. The van der Waals surface area contributed by atoms with Gasteiger partial charge in [0.05, 0.1) is 0 Å². The van der Waals surface area contributed by atoms with Gasteiger partial charge in [-0.1, -0.05) is 23.7 Å². The van der Waals surface area contributed by atoms with Crippen LogP contribution in [-0.4, -0.2) is 15.9 Å². The Kier molecular flexibility index (Phi) is 5.19. The minimum absolute atomic E-state index is 0.281. The number of amides is 1. The first-order chi connectivity index (χ1) is 12.4. The molecule has 0 aliphatic rings. The van der Waals surface area contributed by atoms with Gasteiger partial charge in [0.1, 0.15) is 5.69 Å². The molecule has 0 saturated carbocycles. The third-order valence-electron chi connectivity index (χ3n) is 3.93. The molecular formula is C20H19ClN4O. The lowest BCUT2D eigenvalue weighted by Crippen LogP contribution is -2.15. The van der Waals surface area contributed by atoms with E-state index in [2.05, 4.69) is 27.5 Å². The van der Waals surface area contributed by atoms with Crippen molar-refractivity contribution in [3.8, 4) is 0 Å². The molecule has 0 unspecified atom stereocenters. The van der Waals surface area contributed by atoms with Gasteiger partial charge in [0.25, 0.3) is 5.91 Å². The van der Waals surface area contributed by atoms with Crippen molar-refractivity contribution >= 4 is 34.8 Å². The van der Waals surface area contributed by atoms with Gasteiger partial charge in [0.2, 0.25) is 5.95 Å². The van der Waals surface area contributed by atoms with E-state index in [0.717, 1.165) is 5.69 Å². The number of nitrogens with zero attached hydrogens (tertiary/aromatic N) is 2. The summed E-state index contributed by atoms with van der Waals surface area (Å²) in [7, 11) is 0. The van der Waals surface area contributed by atoms with Crippen LogP contribution in [0.5, 0.6) is 0 Å². The van der Waals surface area contributed by atoms with E-state index >= 15 is 0 Å². The molecule has 2 N–H and O–H groups in total. The predicted molar refractivity (Wildman–Crippen MR) is 105 cm³/mol. The Balaban J connectivity index is 1.82. The average molecular weight is 367 g/mol. The maximum absolute atomic E-state index is 12.5. The summed E-state index contributed by atoms with van der Waals surface area (Å²) in [5, 5.41) is 6.50. The van der Waals surface area contributed by atoms with Gasteiger partial charge < -0.3 is 10.6 Å². The van der Waals surface area contributed by atoms with Gasteiger partial charge in [0.15, 0.2) is 0 Å². The fourth-order valence-electron chi connectivity index (χ4n) is 2.45. The van der Waals surface area contributed by atoms with E-state index in [1.54, 1.807) is 30.3 Å². The van der Waals surface area contributed by atoms with Gasteiger partial charge in [-0.25, -0.2) is 9.97 Å². The normalized spacial score (nSPS) is 10.5. The van der Waals surface area contributed by atoms with Crippen LogP contribution in [0.4, 0.5) is 17.3 Å². The Morgan fingerprint density at radius 2 is 1.73 bits per heavy atom. The SMILES string of the molecule is Cc1cc(C(=O)Nc2cccc(Cl)c2)nc(Nc2ccc(C)c(C)c2)n1. The molecule has 0 spiro atoms. The number of anilines is 3. The van der Waals surface area contributed by atoms with Crippen LogP contribution in [0.15, 0.2) is 48.5 Å². The number of halogens is 1. The minimum Gasteiger partial charge on any atom is -0.324 e. The van der Waals surface area contributed by atoms with E-state index in [1.807, 2.05) is 32.0 Å². The van der Waals surface area contributed by atoms with Gasteiger partial charge >= 0.3 is 0 Å². The summed E-state index contributed by atoms with van der Waals surface area (Å²) in [4.78, 5) is 21.2. The van der Waals surface area contributed by atoms with Gasteiger partial charge in [-0.2, -0.15) is 0 Å². The molecule has 0 radical (unpaired) electrons. The second-order valence-electron chi connectivity index (χ2n) is 6.11. The number of rotatable bonds is 4. The van der Waals surface area contributed by atoms with Crippen molar-refractivity contribution in [3.05, 3.63) is 76.1 Å². The molecule has 1 aromatic heterocycles. The first-order valence-electron chi connectivity index (χ1n) is 8.17. The second kappa shape index (κ2) is 7.54. The summed E-state index contributed by atoms with van der Waals surface area (Å²) >= 11 is 5.95. The van der Waals surface area contributed by atoms with Crippen LogP contribution >= 0.6 is 11.6 Å². The second-order valence-corrected chi connectivity index (χ2v) is 6.54. The number of benzene rings is 2. The van der Waals surface area contributed by atoms with Gasteiger partial charge in [0, 0.05) is 22.1 Å². The number of hydrogen-bond acceptors (Lipinski definition) is 4. The summed E-state index contributed by atoms with van der Waals surface area (Å²) in [6.07, 6.45) is 0. The highest BCUT2D eigenvalue weighted by Gasteiger charge is 2.12. The fraction of sp³-hybridized carbons (Fsp3) is 0.150. The molecule has 0 aliphatic heterocycles. The largest absolute Gasteiger partial charge is 0.324 e. The third kappa shape index (κ3) is 4.37. The maximum Gasteiger partial charge on any atom is 0.274 e. The van der Waals surface area contributed by atoms with Gasteiger partial charge in [-0.15, -0.1) is 0 Å². The molecule has 3 rings (SSSR count). The molecule has 6 heteroatoms. The standard InChI is InChI=1S/C20H19ClN4O/c1-12-7-8-17(9-13(12)2)24-20-22-14(3)10-18(25-20)19(26)23-16-6-4-5-15(21)11-16/h4-11H,1-3H3,(H,23,26)(H,22,24,25). The minimum atomic E-state index is -0.319. The predicted octanol–water partition coefficient (Wildman–Crippen LogP) is 5.05. The van der Waals surface area contributed by atoms with Crippen LogP contribution in [-0.2, 0) is 0 Å². The van der Waals surface area contributed by atoms with E-state index in [4.69, 9.17) is 11.6 Å². The number of aromatic nitrogens is 2. The molecule has 1 heterocycles. The van der Waals surface area contributed by atoms with Crippen LogP contribution in [0.25, 0.3) is 0 Å². The van der Waals surface area contributed by atoms with E-state index in [0.29, 0.717) is 22.4 Å². The van der Waals surface area contributed by atoms with Crippen LogP contribution in [0, 0.1) is 20.8 Å². The lowest BCUT2D eigenvalue weighted by atomic mass is 10.1. The fourth-order valence-corrected chi connectivity index (χ4v) is 2.64. The summed E-state index contributed by atoms with van der Waals surface area (Å²) in [5.41, 5.74) is 4.84. The number of hydrogen-bond donors (Lipinski definition) is 2. The molecule has 26 heavy (non-hydrogen) atoms. The summed E-state index contributed by atoms with van der Waals surface area (Å²) < 4.78 is 0. The zero-order chi connectivity index (χ0) is 18.7. The number of nitrogens with one attached hydrogen (secondary N) is 2. The van der Waals surface area contributed by atoms with Crippen molar-refractivity contribution in [1.29, 1.82) is 0 Å². The van der Waals surface area contributed by atoms with Crippen molar-refractivity contribution in [2.45, 2.75) is 20.8 Å². The highest BCUT2D eigenvalue weighted by molar-refractivity contribution is 6.30. The quantitative estimate of drug-likeness (QED) is 0.678. The third-order valence-corrected chi connectivity index (χ3v) is 4.17. The molecule has 0 atom stereocenters. The number of carbonyl (C=O) groups excluding carboxylic acids is 1. The van der Waals surface area contributed by atoms with Gasteiger partial charge in [-0.3, -0.25) is 4.79 Å². The summed E-state index contributed by atoms with van der Waals surface area (Å²) in [5.74, 6) is 0.0606. The molecule has 0 fully saturated rings. The Hall–Kier alpha value is -2.92. The van der Waals surface area contributed by atoms with Crippen LogP contribution in [0.2, 0.25) is 5.02 Å². The highest BCUT2D eigenvalue weighted by atomic mass is 35.5.